The van der Waals surface area contributed by atoms with Gasteiger partial charge in [-0.2, -0.15) is 13.2 Å². The van der Waals surface area contributed by atoms with Crippen LogP contribution < -0.4 is 4.74 Å². The first-order valence-electron chi connectivity index (χ1n) is 10.0. The number of ketones is 1. The van der Waals surface area contributed by atoms with Crippen molar-refractivity contribution in [1.82, 2.24) is 4.90 Å². The van der Waals surface area contributed by atoms with Crippen LogP contribution in [0, 0.1) is 5.92 Å². The van der Waals surface area contributed by atoms with Gasteiger partial charge in [0.25, 0.3) is 0 Å². The molecule has 2 atom stereocenters. The van der Waals surface area contributed by atoms with Gasteiger partial charge in [-0.15, -0.1) is 0 Å². The van der Waals surface area contributed by atoms with Crippen LogP contribution in [0.5, 0.6) is 5.75 Å². The van der Waals surface area contributed by atoms with Crippen LogP contribution >= 0.6 is 0 Å². The first kappa shape index (κ1) is 20.9. The molecule has 0 N–H and O–H groups in total. The number of rotatable bonds is 5. The van der Waals surface area contributed by atoms with Gasteiger partial charge in [-0.1, -0.05) is 30.3 Å². The van der Waals surface area contributed by atoms with Crippen LogP contribution in [0.4, 0.5) is 13.2 Å². The highest BCUT2D eigenvalue weighted by molar-refractivity contribution is 5.98. The Bertz CT molecular complexity index is 886. The zero-order chi connectivity index (χ0) is 21.3. The van der Waals surface area contributed by atoms with Gasteiger partial charge in [0.1, 0.15) is 5.75 Å². The maximum atomic E-state index is 13.2. The lowest BCUT2D eigenvalue weighted by Gasteiger charge is -2.48. The summed E-state index contributed by atoms with van der Waals surface area (Å²) in [5.41, 5.74) is 0.388. The molecule has 7 heteroatoms. The molecule has 2 heterocycles. The van der Waals surface area contributed by atoms with E-state index in [2.05, 4.69) is 17.0 Å². The second-order valence-electron chi connectivity index (χ2n) is 7.98. The highest BCUT2D eigenvalue weighted by Crippen LogP contribution is 2.37. The van der Waals surface area contributed by atoms with E-state index >= 15 is 0 Å². The highest BCUT2D eigenvalue weighted by atomic mass is 19.4. The van der Waals surface area contributed by atoms with Crippen molar-refractivity contribution in [2.75, 3.05) is 20.3 Å². The number of benzene rings is 2. The van der Waals surface area contributed by atoms with Gasteiger partial charge < -0.3 is 9.47 Å². The van der Waals surface area contributed by atoms with E-state index in [0.717, 1.165) is 18.7 Å². The van der Waals surface area contributed by atoms with E-state index in [1.807, 2.05) is 18.2 Å². The number of alkyl halides is 3. The summed E-state index contributed by atoms with van der Waals surface area (Å²) < 4.78 is 50.5. The summed E-state index contributed by atoms with van der Waals surface area (Å²) in [6, 6.07) is 13.5. The van der Waals surface area contributed by atoms with Crippen LogP contribution in [0.3, 0.4) is 0 Å². The van der Waals surface area contributed by atoms with E-state index in [1.54, 1.807) is 0 Å². The monoisotopic (exact) mass is 419 g/mol. The SMILES string of the molecule is COc1cc(C(=O)C2CC3COCC(C2)N3Cc2ccccc2)cc(C(F)(F)F)c1. The number of methoxy groups -OCH3 is 1. The van der Waals surface area contributed by atoms with Gasteiger partial charge in [-0.25, -0.2) is 0 Å². The fraction of sp³-hybridized carbons (Fsp3) is 0.435. The molecule has 2 bridgehead atoms. The molecular weight excluding hydrogens is 395 g/mol. The minimum Gasteiger partial charge on any atom is -0.497 e. The Labute approximate surface area is 173 Å². The Morgan fingerprint density at radius 1 is 1.10 bits per heavy atom. The molecule has 2 aromatic carbocycles. The lowest BCUT2D eigenvalue weighted by molar-refractivity contribution is -0.137. The summed E-state index contributed by atoms with van der Waals surface area (Å²) in [5, 5.41) is 0. The van der Waals surface area contributed by atoms with E-state index in [4.69, 9.17) is 9.47 Å². The average molecular weight is 419 g/mol. The normalized spacial score (nSPS) is 24.5. The molecule has 2 unspecified atom stereocenters. The molecule has 0 radical (unpaired) electrons. The number of Topliss-reactive ketones (excluding diaryl/α,β-unsaturated/α-hetero) is 1. The summed E-state index contributed by atoms with van der Waals surface area (Å²) in [4.78, 5) is 15.5. The average Bonchev–Trinajstić information content (AvgIpc) is 2.72. The van der Waals surface area contributed by atoms with E-state index in [-0.39, 0.29) is 35.1 Å². The zero-order valence-electron chi connectivity index (χ0n) is 16.7. The molecule has 2 aromatic rings. The van der Waals surface area contributed by atoms with Crippen molar-refractivity contribution in [1.29, 1.82) is 0 Å². The summed E-state index contributed by atoms with van der Waals surface area (Å²) in [7, 11) is 1.30. The first-order chi connectivity index (χ1) is 14.3. The predicted octanol–water partition coefficient (Wildman–Crippen LogP) is 4.58. The highest BCUT2D eigenvalue weighted by Gasteiger charge is 2.42. The third-order valence-corrected chi connectivity index (χ3v) is 6.00. The molecule has 2 aliphatic rings. The quantitative estimate of drug-likeness (QED) is 0.666. The second-order valence-corrected chi connectivity index (χ2v) is 7.98. The maximum absolute atomic E-state index is 13.2. The molecule has 4 nitrogen and oxygen atoms in total. The van der Waals surface area contributed by atoms with Gasteiger partial charge >= 0.3 is 6.18 Å². The molecule has 0 amide bonds. The van der Waals surface area contributed by atoms with Crippen LogP contribution in [0.15, 0.2) is 48.5 Å². The molecule has 2 aliphatic heterocycles. The first-order valence-corrected chi connectivity index (χ1v) is 10.0. The molecule has 160 valence electrons. The van der Waals surface area contributed by atoms with Crippen LogP contribution in [-0.2, 0) is 17.5 Å². The third kappa shape index (κ3) is 4.37. The van der Waals surface area contributed by atoms with Gasteiger partial charge in [0.15, 0.2) is 5.78 Å². The minimum absolute atomic E-state index is 0.0400. The summed E-state index contributed by atoms with van der Waals surface area (Å²) in [5.74, 6) is -0.544. The molecule has 2 saturated heterocycles. The lowest BCUT2D eigenvalue weighted by Crippen LogP contribution is -2.57. The van der Waals surface area contributed by atoms with Crippen molar-refractivity contribution in [3.05, 3.63) is 65.2 Å². The zero-order valence-corrected chi connectivity index (χ0v) is 16.7. The fourth-order valence-corrected chi connectivity index (χ4v) is 4.51. The lowest BCUT2D eigenvalue weighted by atomic mass is 9.80. The maximum Gasteiger partial charge on any atom is 0.416 e. The Kier molecular flexibility index (Phi) is 5.84. The predicted molar refractivity (Wildman–Crippen MR) is 105 cm³/mol. The third-order valence-electron chi connectivity index (χ3n) is 6.00. The fourth-order valence-electron chi connectivity index (χ4n) is 4.51. The summed E-state index contributed by atoms with van der Waals surface area (Å²) in [6.07, 6.45) is -3.39. The largest absolute Gasteiger partial charge is 0.497 e. The molecule has 4 rings (SSSR count). The number of nitrogens with zero attached hydrogens (tertiary/aromatic N) is 1. The molecule has 0 aromatic heterocycles. The number of hydrogen-bond acceptors (Lipinski definition) is 4. The van der Waals surface area contributed by atoms with Crippen molar-refractivity contribution in [3.8, 4) is 5.75 Å². The van der Waals surface area contributed by atoms with Gasteiger partial charge in [0.05, 0.1) is 25.9 Å². The van der Waals surface area contributed by atoms with Crippen molar-refractivity contribution >= 4 is 5.78 Å². The summed E-state index contributed by atoms with van der Waals surface area (Å²) >= 11 is 0. The van der Waals surface area contributed by atoms with E-state index < -0.39 is 11.7 Å². The number of morpholine rings is 1. The van der Waals surface area contributed by atoms with E-state index in [9.17, 15) is 18.0 Å². The Morgan fingerprint density at radius 3 is 2.37 bits per heavy atom. The number of ether oxygens (including phenoxy) is 2. The van der Waals surface area contributed by atoms with Gasteiger partial charge in [-0.05, 0) is 36.6 Å². The van der Waals surface area contributed by atoms with E-state index in [0.29, 0.717) is 26.1 Å². The van der Waals surface area contributed by atoms with Crippen LogP contribution in [0.1, 0.15) is 34.3 Å². The molecule has 0 spiro atoms. The topological polar surface area (TPSA) is 38.8 Å². The van der Waals surface area contributed by atoms with Crippen molar-refractivity contribution in [2.24, 2.45) is 5.92 Å². The molecule has 2 fully saturated rings. The smallest absolute Gasteiger partial charge is 0.416 e. The number of fused-ring (bicyclic) bond motifs is 2. The van der Waals surface area contributed by atoms with Gasteiger partial charge in [-0.3, -0.25) is 9.69 Å². The van der Waals surface area contributed by atoms with Gasteiger partial charge in [0.2, 0.25) is 0 Å². The Balaban J connectivity index is 1.54. The van der Waals surface area contributed by atoms with Crippen LogP contribution in [-0.4, -0.2) is 43.1 Å². The van der Waals surface area contributed by atoms with Crippen molar-refractivity contribution in [2.45, 2.75) is 37.6 Å². The van der Waals surface area contributed by atoms with Crippen LogP contribution in [0.25, 0.3) is 0 Å². The summed E-state index contributed by atoms with van der Waals surface area (Å²) in [6.45, 7) is 1.83. The number of carbonyl (C=O) groups excluding carboxylic acids is 1. The minimum atomic E-state index is -4.53. The molecule has 0 saturated carbocycles. The second kappa shape index (κ2) is 8.40. The molecular formula is C23H24F3NO3. The van der Waals surface area contributed by atoms with Crippen LogP contribution in [0.2, 0.25) is 0 Å². The number of hydrogen-bond donors (Lipinski definition) is 0. The van der Waals surface area contributed by atoms with E-state index in [1.165, 1.54) is 18.7 Å². The molecule has 0 aliphatic carbocycles. The standard InChI is InChI=1S/C23H24F3NO3/c1-29-21-10-16(7-18(11-21)23(24,25)26)22(28)17-8-19-13-30-14-20(9-17)27(19)12-15-5-3-2-4-6-15/h2-7,10-11,17,19-20H,8-9,12-14H2,1H3. The van der Waals surface area contributed by atoms with Crippen molar-refractivity contribution in [3.63, 3.8) is 0 Å². The Hall–Kier alpha value is -2.38. The van der Waals surface area contributed by atoms with Crippen molar-refractivity contribution < 1.29 is 27.4 Å². The Morgan fingerprint density at radius 2 is 1.77 bits per heavy atom. The number of carbonyl (C=O) groups is 1. The number of piperidine rings is 1. The van der Waals surface area contributed by atoms with Gasteiger partial charge in [0, 0.05) is 30.1 Å². The number of halogens is 3. The molecule has 30 heavy (non-hydrogen) atoms.